The lowest BCUT2D eigenvalue weighted by molar-refractivity contribution is 0.965. The van der Waals surface area contributed by atoms with E-state index in [1.54, 1.807) is 0 Å². The highest BCUT2D eigenvalue weighted by molar-refractivity contribution is 9.10. The molecule has 0 N–H and O–H groups in total. The van der Waals surface area contributed by atoms with Crippen LogP contribution in [0.5, 0.6) is 0 Å². The number of halogens is 2. The second kappa shape index (κ2) is 6.73. The van der Waals surface area contributed by atoms with E-state index in [1.165, 1.54) is 0 Å². The first-order valence-corrected chi connectivity index (χ1v) is 8.46. The molecule has 0 bridgehead atoms. The zero-order valence-electron chi connectivity index (χ0n) is 12.9. The van der Waals surface area contributed by atoms with Crippen LogP contribution in [0.1, 0.15) is 17.0 Å². The van der Waals surface area contributed by atoms with Gasteiger partial charge in [0.2, 0.25) is 0 Å². The van der Waals surface area contributed by atoms with E-state index in [4.69, 9.17) is 11.6 Å². The third-order valence-electron chi connectivity index (χ3n) is 3.70. The van der Waals surface area contributed by atoms with E-state index in [0.717, 1.165) is 37.8 Å². The lowest BCUT2D eigenvalue weighted by atomic mass is 10.2. The summed E-state index contributed by atoms with van der Waals surface area (Å²) < 4.78 is 3.21. The van der Waals surface area contributed by atoms with Crippen molar-refractivity contribution in [3.8, 4) is 5.69 Å². The van der Waals surface area contributed by atoms with Crippen LogP contribution in [0.15, 0.2) is 64.1 Å². The molecule has 4 heteroatoms. The van der Waals surface area contributed by atoms with Crippen molar-refractivity contribution in [2.45, 2.75) is 13.8 Å². The molecule has 2 nitrogen and oxygen atoms in total. The first-order valence-electron chi connectivity index (χ1n) is 7.29. The van der Waals surface area contributed by atoms with Crippen molar-refractivity contribution in [3.63, 3.8) is 0 Å². The van der Waals surface area contributed by atoms with Crippen molar-refractivity contribution in [2.75, 3.05) is 0 Å². The van der Waals surface area contributed by atoms with Crippen LogP contribution in [0.2, 0.25) is 5.02 Å². The molecule has 0 saturated heterocycles. The fourth-order valence-corrected chi connectivity index (χ4v) is 3.20. The van der Waals surface area contributed by atoms with Gasteiger partial charge in [-0.3, -0.25) is 4.99 Å². The van der Waals surface area contributed by atoms with E-state index >= 15 is 0 Å². The second-order valence-electron chi connectivity index (χ2n) is 5.38. The summed E-state index contributed by atoms with van der Waals surface area (Å²) in [6, 6.07) is 18.0. The summed E-state index contributed by atoms with van der Waals surface area (Å²) in [5.41, 5.74) is 5.38. The number of benzene rings is 2. The van der Waals surface area contributed by atoms with Gasteiger partial charge in [0.15, 0.2) is 0 Å². The summed E-state index contributed by atoms with van der Waals surface area (Å²) >= 11 is 9.58. The highest BCUT2D eigenvalue weighted by atomic mass is 79.9. The van der Waals surface area contributed by atoms with Gasteiger partial charge in [-0.15, -0.1) is 0 Å². The SMILES string of the molecule is Cc1cc(C=Nc2cccc(Br)c2)c(C)n1-c1cccc(Cl)c1. The molecule has 23 heavy (non-hydrogen) atoms. The van der Waals surface area contributed by atoms with E-state index in [0.29, 0.717) is 0 Å². The summed E-state index contributed by atoms with van der Waals surface area (Å²) in [6.07, 6.45) is 1.91. The Morgan fingerprint density at radius 2 is 1.83 bits per heavy atom. The summed E-state index contributed by atoms with van der Waals surface area (Å²) in [5, 5.41) is 0.736. The van der Waals surface area contributed by atoms with Crippen LogP contribution >= 0.6 is 27.5 Å². The van der Waals surface area contributed by atoms with Gasteiger partial charge in [0, 0.05) is 38.3 Å². The fourth-order valence-electron chi connectivity index (χ4n) is 2.63. The summed E-state index contributed by atoms with van der Waals surface area (Å²) in [7, 11) is 0. The largest absolute Gasteiger partial charge is 0.318 e. The summed E-state index contributed by atoms with van der Waals surface area (Å²) in [5.74, 6) is 0. The molecule has 3 aromatic rings. The molecule has 0 aliphatic heterocycles. The van der Waals surface area contributed by atoms with Gasteiger partial charge in [0.05, 0.1) is 5.69 Å². The van der Waals surface area contributed by atoms with E-state index in [2.05, 4.69) is 51.5 Å². The van der Waals surface area contributed by atoms with Crippen LogP contribution in [0.3, 0.4) is 0 Å². The molecule has 0 saturated carbocycles. The van der Waals surface area contributed by atoms with Gasteiger partial charge in [-0.25, -0.2) is 0 Å². The van der Waals surface area contributed by atoms with Gasteiger partial charge < -0.3 is 4.57 Å². The van der Waals surface area contributed by atoms with Crippen molar-refractivity contribution in [2.24, 2.45) is 4.99 Å². The molecule has 1 heterocycles. The van der Waals surface area contributed by atoms with Gasteiger partial charge >= 0.3 is 0 Å². The Balaban J connectivity index is 1.98. The Bertz CT molecular complexity index is 881. The maximum atomic E-state index is 6.12. The molecule has 1 aromatic heterocycles. The predicted octanol–water partition coefficient (Wildman–Crippen LogP) is 6.26. The second-order valence-corrected chi connectivity index (χ2v) is 6.73. The van der Waals surface area contributed by atoms with Gasteiger partial charge in [0.1, 0.15) is 0 Å². The number of aryl methyl sites for hydroxylation is 1. The van der Waals surface area contributed by atoms with Crippen LogP contribution in [0, 0.1) is 13.8 Å². The highest BCUT2D eigenvalue weighted by Gasteiger charge is 2.09. The Morgan fingerprint density at radius 1 is 1.04 bits per heavy atom. The van der Waals surface area contributed by atoms with Crippen molar-refractivity contribution in [1.82, 2.24) is 4.57 Å². The average molecular weight is 388 g/mol. The van der Waals surface area contributed by atoms with Crippen molar-refractivity contribution in [3.05, 3.63) is 81.0 Å². The summed E-state index contributed by atoms with van der Waals surface area (Å²) in [6.45, 7) is 4.18. The van der Waals surface area contributed by atoms with E-state index < -0.39 is 0 Å². The molecular formula is C19H16BrClN2. The molecule has 0 aliphatic carbocycles. The molecule has 0 spiro atoms. The normalized spacial score (nSPS) is 11.3. The Hall–Kier alpha value is -1.84. The topological polar surface area (TPSA) is 17.3 Å². The van der Waals surface area contributed by atoms with Crippen LogP contribution < -0.4 is 0 Å². The third kappa shape index (κ3) is 3.57. The maximum absolute atomic E-state index is 6.12. The number of nitrogens with zero attached hydrogens (tertiary/aromatic N) is 2. The van der Waals surface area contributed by atoms with E-state index in [-0.39, 0.29) is 0 Å². The minimum atomic E-state index is 0.736. The number of hydrogen-bond acceptors (Lipinski definition) is 1. The van der Waals surface area contributed by atoms with E-state index in [9.17, 15) is 0 Å². The molecule has 3 rings (SSSR count). The molecule has 116 valence electrons. The Morgan fingerprint density at radius 3 is 2.57 bits per heavy atom. The molecule has 0 fully saturated rings. The highest BCUT2D eigenvalue weighted by Crippen LogP contribution is 2.23. The molecule has 0 radical (unpaired) electrons. The van der Waals surface area contributed by atoms with Gasteiger partial charge in [-0.2, -0.15) is 0 Å². The van der Waals surface area contributed by atoms with Crippen molar-refractivity contribution in [1.29, 1.82) is 0 Å². The van der Waals surface area contributed by atoms with Crippen LogP contribution in [0.4, 0.5) is 5.69 Å². The number of aliphatic imine (C=N–C) groups is 1. The zero-order chi connectivity index (χ0) is 16.4. The van der Waals surface area contributed by atoms with Crippen molar-refractivity contribution < 1.29 is 0 Å². The Kier molecular flexibility index (Phi) is 4.69. The summed E-state index contributed by atoms with van der Waals surface area (Å²) in [4.78, 5) is 4.57. The number of aromatic nitrogens is 1. The molecule has 0 unspecified atom stereocenters. The minimum Gasteiger partial charge on any atom is -0.318 e. The Labute approximate surface area is 149 Å². The predicted molar refractivity (Wildman–Crippen MR) is 102 cm³/mol. The first kappa shape index (κ1) is 16.0. The smallest absolute Gasteiger partial charge is 0.0641 e. The van der Waals surface area contributed by atoms with Crippen LogP contribution in [0.25, 0.3) is 5.69 Å². The lowest BCUT2D eigenvalue weighted by Gasteiger charge is -2.09. The third-order valence-corrected chi connectivity index (χ3v) is 4.43. The van der Waals surface area contributed by atoms with E-state index in [1.807, 2.05) is 48.7 Å². The maximum Gasteiger partial charge on any atom is 0.0641 e. The molecule has 2 aromatic carbocycles. The standard InChI is InChI=1S/C19H16BrClN2/c1-13-9-15(12-22-18-7-3-5-16(20)10-18)14(2)23(13)19-8-4-6-17(21)11-19/h3-12H,1-2H3. The molecule has 0 amide bonds. The van der Waals surface area contributed by atoms with Gasteiger partial charge in [-0.05, 0) is 56.3 Å². The molecule has 0 aliphatic rings. The lowest BCUT2D eigenvalue weighted by Crippen LogP contribution is -1.99. The fraction of sp³-hybridized carbons (Fsp3) is 0.105. The molecular weight excluding hydrogens is 372 g/mol. The number of hydrogen-bond donors (Lipinski definition) is 0. The van der Waals surface area contributed by atoms with Crippen LogP contribution in [-0.4, -0.2) is 10.8 Å². The first-order chi connectivity index (χ1) is 11.0. The van der Waals surface area contributed by atoms with Crippen LogP contribution in [-0.2, 0) is 0 Å². The zero-order valence-corrected chi connectivity index (χ0v) is 15.3. The van der Waals surface area contributed by atoms with Crippen molar-refractivity contribution >= 4 is 39.4 Å². The monoisotopic (exact) mass is 386 g/mol. The average Bonchev–Trinajstić information content (AvgIpc) is 2.79. The number of rotatable bonds is 3. The van der Waals surface area contributed by atoms with Gasteiger partial charge in [-0.1, -0.05) is 39.7 Å². The molecule has 0 atom stereocenters. The quantitative estimate of drug-likeness (QED) is 0.472. The minimum absolute atomic E-state index is 0.736. The van der Waals surface area contributed by atoms with Gasteiger partial charge in [0.25, 0.3) is 0 Å².